The summed E-state index contributed by atoms with van der Waals surface area (Å²) < 4.78 is 5.69. The molecule has 1 aromatic carbocycles. The Balaban J connectivity index is 1.96. The number of nitrogens with zero attached hydrogens (tertiary/aromatic N) is 1. The fraction of sp³-hybridized carbons (Fsp3) is 0.588. The maximum Gasteiger partial charge on any atom is 0.238 e. The van der Waals surface area contributed by atoms with Gasteiger partial charge in [0.05, 0.1) is 18.8 Å². The second-order valence-corrected chi connectivity index (χ2v) is 6.24. The van der Waals surface area contributed by atoms with E-state index in [9.17, 15) is 4.79 Å². The minimum absolute atomic E-state index is 0.0457. The molecule has 116 valence electrons. The van der Waals surface area contributed by atoms with Crippen molar-refractivity contribution in [1.29, 1.82) is 0 Å². The molecule has 1 fully saturated rings. The van der Waals surface area contributed by atoms with E-state index in [1.165, 1.54) is 5.56 Å². The van der Waals surface area contributed by atoms with E-state index in [-0.39, 0.29) is 18.1 Å². The highest BCUT2D eigenvalue weighted by atomic mass is 16.5. The largest absolute Gasteiger partial charge is 0.373 e. The van der Waals surface area contributed by atoms with Crippen LogP contribution in [-0.2, 0) is 9.53 Å². The first-order valence-electron chi connectivity index (χ1n) is 7.72. The predicted molar refractivity (Wildman–Crippen MR) is 85.6 cm³/mol. The highest BCUT2D eigenvalue weighted by Gasteiger charge is 2.23. The third-order valence-electron chi connectivity index (χ3n) is 3.72. The van der Waals surface area contributed by atoms with Crippen LogP contribution in [0.2, 0.25) is 0 Å². The maximum atomic E-state index is 12.3. The molecule has 1 aromatic rings. The molecule has 1 heterocycles. The van der Waals surface area contributed by atoms with Gasteiger partial charge in [0.2, 0.25) is 5.91 Å². The van der Waals surface area contributed by atoms with Gasteiger partial charge < -0.3 is 10.1 Å². The Morgan fingerprint density at radius 2 is 1.90 bits per heavy atom. The molecular weight excluding hydrogens is 264 g/mol. The number of para-hydroxylation sites is 1. The number of carbonyl (C=O) groups excluding carboxylic acids is 1. The minimum atomic E-state index is 0.0457. The molecule has 1 aliphatic rings. The van der Waals surface area contributed by atoms with Crippen molar-refractivity contribution in [1.82, 2.24) is 4.90 Å². The number of anilines is 1. The molecule has 0 bridgehead atoms. The van der Waals surface area contributed by atoms with Gasteiger partial charge in [0.1, 0.15) is 0 Å². The van der Waals surface area contributed by atoms with Gasteiger partial charge in [-0.3, -0.25) is 9.69 Å². The second kappa shape index (κ2) is 7.05. The Kier molecular flexibility index (Phi) is 5.37. The van der Waals surface area contributed by atoms with Crippen molar-refractivity contribution in [3.8, 4) is 0 Å². The summed E-state index contributed by atoms with van der Waals surface area (Å²) in [5.41, 5.74) is 2.10. The van der Waals surface area contributed by atoms with E-state index in [4.69, 9.17) is 4.74 Å². The van der Waals surface area contributed by atoms with Gasteiger partial charge in [-0.1, -0.05) is 32.0 Å². The van der Waals surface area contributed by atoms with Crippen molar-refractivity contribution < 1.29 is 9.53 Å². The molecular formula is C17H26N2O2. The van der Waals surface area contributed by atoms with Crippen LogP contribution in [0.3, 0.4) is 0 Å². The predicted octanol–water partition coefficient (Wildman–Crippen LogP) is 2.86. The minimum Gasteiger partial charge on any atom is -0.373 e. The number of rotatable bonds is 4. The van der Waals surface area contributed by atoms with Gasteiger partial charge in [-0.25, -0.2) is 0 Å². The highest BCUT2D eigenvalue weighted by molar-refractivity contribution is 5.93. The van der Waals surface area contributed by atoms with Gasteiger partial charge in [-0.2, -0.15) is 0 Å². The van der Waals surface area contributed by atoms with Gasteiger partial charge in [0.25, 0.3) is 0 Å². The molecule has 1 saturated heterocycles. The molecule has 2 unspecified atom stereocenters. The van der Waals surface area contributed by atoms with Crippen LogP contribution in [-0.4, -0.2) is 42.6 Å². The monoisotopic (exact) mass is 290 g/mol. The lowest BCUT2D eigenvalue weighted by Crippen LogP contribution is -2.48. The van der Waals surface area contributed by atoms with E-state index < -0.39 is 0 Å². The molecule has 0 spiro atoms. The molecule has 1 N–H and O–H groups in total. The SMILES string of the molecule is CC1CN(CC(=O)Nc2ccccc2C(C)C)CC(C)O1. The number of hydrogen-bond acceptors (Lipinski definition) is 3. The lowest BCUT2D eigenvalue weighted by atomic mass is 10.0. The Morgan fingerprint density at radius 1 is 1.29 bits per heavy atom. The van der Waals surface area contributed by atoms with Gasteiger partial charge in [0, 0.05) is 18.8 Å². The zero-order valence-corrected chi connectivity index (χ0v) is 13.4. The molecule has 21 heavy (non-hydrogen) atoms. The van der Waals surface area contributed by atoms with Gasteiger partial charge >= 0.3 is 0 Å². The fourth-order valence-electron chi connectivity index (χ4n) is 2.92. The first-order valence-corrected chi connectivity index (χ1v) is 7.72. The number of nitrogens with one attached hydrogen (secondary N) is 1. The zero-order valence-electron chi connectivity index (χ0n) is 13.4. The Bertz CT molecular complexity index is 477. The van der Waals surface area contributed by atoms with Crippen molar-refractivity contribution in [3.05, 3.63) is 29.8 Å². The third kappa shape index (κ3) is 4.55. The van der Waals surface area contributed by atoms with Crippen molar-refractivity contribution in [3.63, 3.8) is 0 Å². The number of carbonyl (C=O) groups is 1. The number of amides is 1. The third-order valence-corrected chi connectivity index (χ3v) is 3.72. The van der Waals surface area contributed by atoms with Gasteiger partial charge in [-0.05, 0) is 31.4 Å². The highest BCUT2D eigenvalue weighted by Crippen LogP contribution is 2.23. The second-order valence-electron chi connectivity index (χ2n) is 6.24. The van der Waals surface area contributed by atoms with Crippen molar-refractivity contribution in [2.75, 3.05) is 25.0 Å². The average molecular weight is 290 g/mol. The molecule has 4 nitrogen and oxygen atoms in total. The Labute approximate surface area is 127 Å². The summed E-state index contributed by atoms with van der Waals surface area (Å²) >= 11 is 0. The molecule has 0 aliphatic carbocycles. The number of ether oxygens (including phenoxy) is 1. The van der Waals surface area contributed by atoms with Crippen LogP contribution in [0, 0.1) is 0 Å². The van der Waals surface area contributed by atoms with Crippen LogP contribution < -0.4 is 5.32 Å². The molecule has 4 heteroatoms. The fourth-order valence-corrected chi connectivity index (χ4v) is 2.92. The van der Waals surface area contributed by atoms with Crippen molar-refractivity contribution in [2.45, 2.75) is 45.8 Å². The molecule has 0 saturated carbocycles. The maximum absolute atomic E-state index is 12.3. The smallest absolute Gasteiger partial charge is 0.238 e. The van der Waals surface area contributed by atoms with Crippen LogP contribution in [0.5, 0.6) is 0 Å². The van der Waals surface area contributed by atoms with E-state index in [1.54, 1.807) is 0 Å². The van der Waals surface area contributed by atoms with Gasteiger partial charge in [0.15, 0.2) is 0 Å². The molecule has 2 rings (SSSR count). The lowest BCUT2D eigenvalue weighted by Gasteiger charge is -2.34. The van der Waals surface area contributed by atoms with Crippen LogP contribution in [0.1, 0.15) is 39.2 Å². The van der Waals surface area contributed by atoms with Crippen molar-refractivity contribution in [2.24, 2.45) is 0 Å². The molecule has 1 amide bonds. The Hall–Kier alpha value is -1.39. The molecule has 1 aliphatic heterocycles. The summed E-state index contributed by atoms with van der Waals surface area (Å²) in [6.45, 7) is 10.4. The summed E-state index contributed by atoms with van der Waals surface area (Å²) in [4.78, 5) is 14.4. The van der Waals surface area contributed by atoms with Crippen LogP contribution in [0.4, 0.5) is 5.69 Å². The van der Waals surface area contributed by atoms with Crippen LogP contribution in [0.15, 0.2) is 24.3 Å². The summed E-state index contributed by atoms with van der Waals surface area (Å²) in [6, 6.07) is 8.01. The first-order chi connectivity index (χ1) is 9.95. The van der Waals surface area contributed by atoms with E-state index >= 15 is 0 Å². The quantitative estimate of drug-likeness (QED) is 0.927. The van der Waals surface area contributed by atoms with Crippen molar-refractivity contribution >= 4 is 11.6 Å². The molecule has 0 radical (unpaired) electrons. The zero-order chi connectivity index (χ0) is 15.4. The summed E-state index contributed by atoms with van der Waals surface area (Å²) in [6.07, 6.45) is 0.369. The number of benzene rings is 1. The van der Waals surface area contributed by atoms with E-state index in [1.807, 2.05) is 18.2 Å². The van der Waals surface area contributed by atoms with E-state index in [0.29, 0.717) is 12.5 Å². The van der Waals surface area contributed by atoms with Crippen LogP contribution in [0.25, 0.3) is 0 Å². The average Bonchev–Trinajstić information content (AvgIpc) is 2.37. The van der Waals surface area contributed by atoms with Gasteiger partial charge in [-0.15, -0.1) is 0 Å². The summed E-state index contributed by atoms with van der Waals surface area (Å²) in [7, 11) is 0. The van der Waals surface area contributed by atoms with E-state index in [2.05, 4.69) is 44.0 Å². The lowest BCUT2D eigenvalue weighted by molar-refractivity contribution is -0.121. The first kappa shape index (κ1) is 16.0. The Morgan fingerprint density at radius 3 is 2.52 bits per heavy atom. The van der Waals surface area contributed by atoms with E-state index in [0.717, 1.165) is 18.8 Å². The number of morpholine rings is 1. The summed E-state index contributed by atoms with van der Waals surface area (Å²) in [5.74, 6) is 0.439. The van der Waals surface area contributed by atoms with Crippen LogP contribution >= 0.6 is 0 Å². The number of hydrogen-bond donors (Lipinski definition) is 1. The molecule has 0 aromatic heterocycles. The molecule has 2 atom stereocenters. The normalized spacial score (nSPS) is 23.3. The standard InChI is InChI=1S/C17H26N2O2/c1-12(2)15-7-5-6-8-16(15)18-17(20)11-19-9-13(3)21-14(4)10-19/h5-8,12-14H,9-11H2,1-4H3,(H,18,20). The topological polar surface area (TPSA) is 41.6 Å². The summed E-state index contributed by atoms with van der Waals surface area (Å²) in [5, 5.41) is 3.05.